The van der Waals surface area contributed by atoms with Gasteiger partial charge in [-0.1, -0.05) is 26.0 Å². The number of benzene rings is 1. The quantitative estimate of drug-likeness (QED) is 0.803. The highest BCUT2D eigenvalue weighted by molar-refractivity contribution is 5.90. The first-order valence-corrected chi connectivity index (χ1v) is 6.46. The normalized spacial score (nSPS) is 9.40. The zero-order chi connectivity index (χ0) is 15.0. The van der Waals surface area contributed by atoms with Crippen molar-refractivity contribution in [2.45, 2.75) is 20.3 Å². The van der Waals surface area contributed by atoms with Crippen molar-refractivity contribution < 1.29 is 13.9 Å². The third-order valence-electron chi connectivity index (χ3n) is 2.60. The van der Waals surface area contributed by atoms with Crippen molar-refractivity contribution in [2.24, 2.45) is 0 Å². The van der Waals surface area contributed by atoms with Gasteiger partial charge >= 0.3 is 5.97 Å². The molecule has 2 rings (SSSR count). The Bertz CT molecular complexity index is 570. The lowest BCUT2D eigenvalue weighted by Gasteiger charge is -2.07. The van der Waals surface area contributed by atoms with Crippen molar-refractivity contribution in [1.82, 2.24) is 4.98 Å². The van der Waals surface area contributed by atoms with Gasteiger partial charge in [0.25, 0.3) is 0 Å². The number of carbonyl (C=O) groups excluding carboxylic acids is 1. The summed E-state index contributed by atoms with van der Waals surface area (Å²) in [4.78, 5) is 15.5. The van der Waals surface area contributed by atoms with Crippen LogP contribution in [0.2, 0.25) is 0 Å². The van der Waals surface area contributed by atoms with E-state index in [0.717, 1.165) is 11.1 Å². The van der Waals surface area contributed by atoms with E-state index in [9.17, 15) is 9.18 Å². The van der Waals surface area contributed by atoms with E-state index in [1.807, 2.05) is 19.9 Å². The number of nitrogens with zero attached hydrogens (tertiary/aromatic N) is 1. The minimum Gasteiger partial charge on any atom is -0.465 e. The molecule has 0 saturated heterocycles. The Labute approximate surface area is 118 Å². The third-order valence-corrected chi connectivity index (χ3v) is 2.60. The Hall–Kier alpha value is -2.23. The summed E-state index contributed by atoms with van der Waals surface area (Å²) in [6.45, 7) is 4.00. The van der Waals surface area contributed by atoms with Gasteiger partial charge < -0.3 is 4.74 Å². The lowest BCUT2D eigenvalue weighted by atomic mass is 10.0. The van der Waals surface area contributed by atoms with E-state index in [4.69, 9.17) is 0 Å². The molecule has 3 nitrogen and oxygen atoms in total. The maximum atomic E-state index is 13.1. The van der Waals surface area contributed by atoms with E-state index in [2.05, 4.69) is 9.72 Å². The average molecular weight is 275 g/mol. The summed E-state index contributed by atoms with van der Waals surface area (Å²) < 4.78 is 17.8. The van der Waals surface area contributed by atoms with Crippen LogP contribution in [0.3, 0.4) is 0 Å². The lowest BCUT2D eigenvalue weighted by molar-refractivity contribution is 0.0599. The van der Waals surface area contributed by atoms with Crippen molar-refractivity contribution in [2.75, 3.05) is 7.11 Å². The number of rotatable bonds is 3. The van der Waals surface area contributed by atoms with E-state index >= 15 is 0 Å². The van der Waals surface area contributed by atoms with Crippen LogP contribution in [0.5, 0.6) is 0 Å². The molecule has 0 aliphatic carbocycles. The molecule has 0 bridgehead atoms. The first kappa shape index (κ1) is 15.8. The smallest absolute Gasteiger partial charge is 0.339 e. The first-order valence-electron chi connectivity index (χ1n) is 6.46. The van der Waals surface area contributed by atoms with E-state index in [-0.39, 0.29) is 5.82 Å². The predicted molar refractivity (Wildman–Crippen MR) is 76.1 cm³/mol. The van der Waals surface area contributed by atoms with E-state index in [0.29, 0.717) is 12.0 Å². The summed E-state index contributed by atoms with van der Waals surface area (Å²) in [5.41, 5.74) is 1.97. The Morgan fingerprint density at radius 1 is 1.30 bits per heavy atom. The topological polar surface area (TPSA) is 39.2 Å². The molecule has 0 aliphatic heterocycles. The fraction of sp³-hybridized carbons (Fsp3) is 0.250. The van der Waals surface area contributed by atoms with Gasteiger partial charge in [0.1, 0.15) is 5.82 Å². The molecule has 0 spiro atoms. The number of aromatic nitrogens is 1. The highest BCUT2D eigenvalue weighted by atomic mass is 19.1. The van der Waals surface area contributed by atoms with E-state index in [1.54, 1.807) is 18.3 Å². The molecule has 4 heteroatoms. The Morgan fingerprint density at radius 2 is 2.05 bits per heavy atom. The van der Waals surface area contributed by atoms with Crippen molar-refractivity contribution in [3.8, 4) is 0 Å². The molecule has 1 heterocycles. The molecule has 106 valence electrons. The number of halogens is 1. The molecule has 1 aromatic carbocycles. The van der Waals surface area contributed by atoms with Crippen molar-refractivity contribution in [1.29, 1.82) is 0 Å². The van der Waals surface area contributed by atoms with Gasteiger partial charge in [0.05, 0.1) is 12.7 Å². The van der Waals surface area contributed by atoms with Crippen LogP contribution in [0.25, 0.3) is 0 Å². The minimum absolute atomic E-state index is 0.291. The second-order valence-electron chi connectivity index (χ2n) is 3.83. The Balaban J connectivity index is 0.000000956. The fourth-order valence-corrected chi connectivity index (χ4v) is 1.74. The van der Waals surface area contributed by atoms with Crippen LogP contribution in [-0.4, -0.2) is 18.1 Å². The fourth-order valence-electron chi connectivity index (χ4n) is 1.74. The molecule has 0 radical (unpaired) electrons. The predicted octanol–water partition coefficient (Wildman–Crippen LogP) is 3.62. The van der Waals surface area contributed by atoms with Gasteiger partial charge in [0.15, 0.2) is 0 Å². The average Bonchev–Trinajstić information content (AvgIpc) is 2.49. The van der Waals surface area contributed by atoms with Crippen molar-refractivity contribution in [3.63, 3.8) is 0 Å². The van der Waals surface area contributed by atoms with E-state index in [1.165, 1.54) is 25.4 Å². The van der Waals surface area contributed by atoms with Crippen LogP contribution in [-0.2, 0) is 11.2 Å². The summed E-state index contributed by atoms with van der Waals surface area (Å²) >= 11 is 0. The SMILES string of the molecule is CC.COC(=O)c1cnccc1Cc1cccc(F)c1. The minimum atomic E-state index is -0.436. The lowest BCUT2D eigenvalue weighted by Crippen LogP contribution is -2.06. The highest BCUT2D eigenvalue weighted by Crippen LogP contribution is 2.15. The monoisotopic (exact) mass is 275 g/mol. The molecule has 0 unspecified atom stereocenters. The van der Waals surface area contributed by atoms with Crippen molar-refractivity contribution in [3.05, 3.63) is 65.2 Å². The van der Waals surface area contributed by atoms with Crippen LogP contribution >= 0.6 is 0 Å². The van der Waals surface area contributed by atoms with Gasteiger partial charge in [0.2, 0.25) is 0 Å². The molecular weight excluding hydrogens is 257 g/mol. The van der Waals surface area contributed by atoms with Gasteiger partial charge in [-0.25, -0.2) is 9.18 Å². The standard InChI is InChI=1S/C14H12FNO2.C2H6/c1-18-14(17)13-9-16-6-5-11(13)7-10-3-2-4-12(15)8-10;1-2/h2-6,8-9H,7H2,1H3;1-2H3. The van der Waals surface area contributed by atoms with Crippen LogP contribution in [0.4, 0.5) is 4.39 Å². The summed E-state index contributed by atoms with van der Waals surface area (Å²) in [5, 5.41) is 0. The summed E-state index contributed by atoms with van der Waals surface area (Å²) in [5.74, 6) is -0.726. The number of ether oxygens (including phenoxy) is 1. The molecule has 0 N–H and O–H groups in total. The van der Waals surface area contributed by atoms with Gasteiger partial charge in [0, 0.05) is 12.4 Å². The van der Waals surface area contributed by atoms with Crippen LogP contribution < -0.4 is 0 Å². The van der Waals surface area contributed by atoms with Crippen molar-refractivity contribution >= 4 is 5.97 Å². The zero-order valence-electron chi connectivity index (χ0n) is 11.9. The van der Waals surface area contributed by atoms with Gasteiger partial charge in [-0.2, -0.15) is 0 Å². The summed E-state index contributed by atoms with van der Waals surface area (Å²) in [6, 6.07) is 8.02. The molecule has 20 heavy (non-hydrogen) atoms. The number of pyridine rings is 1. The number of hydrogen-bond donors (Lipinski definition) is 0. The molecule has 2 aromatic rings. The largest absolute Gasteiger partial charge is 0.465 e. The van der Waals surface area contributed by atoms with Gasteiger partial charge in [-0.3, -0.25) is 4.98 Å². The maximum Gasteiger partial charge on any atom is 0.339 e. The van der Waals surface area contributed by atoms with Gasteiger partial charge in [-0.15, -0.1) is 0 Å². The Morgan fingerprint density at radius 3 is 2.70 bits per heavy atom. The molecule has 0 amide bonds. The van der Waals surface area contributed by atoms with Crippen LogP contribution in [0.1, 0.15) is 35.3 Å². The van der Waals surface area contributed by atoms with E-state index < -0.39 is 5.97 Å². The Kier molecular flexibility index (Phi) is 6.37. The molecule has 0 aliphatic rings. The summed E-state index contributed by atoms with van der Waals surface area (Å²) in [7, 11) is 1.32. The number of esters is 1. The number of carbonyl (C=O) groups is 1. The maximum absolute atomic E-state index is 13.1. The highest BCUT2D eigenvalue weighted by Gasteiger charge is 2.12. The number of methoxy groups -OCH3 is 1. The third kappa shape index (κ3) is 4.16. The van der Waals surface area contributed by atoms with Gasteiger partial charge in [-0.05, 0) is 35.7 Å². The second-order valence-corrected chi connectivity index (χ2v) is 3.83. The molecule has 0 fully saturated rings. The molecule has 1 aromatic heterocycles. The second kappa shape index (κ2) is 8.04. The first-order chi connectivity index (χ1) is 9.70. The van der Waals surface area contributed by atoms with Crippen LogP contribution in [0.15, 0.2) is 42.7 Å². The molecular formula is C16H18FNO2. The summed E-state index contributed by atoms with van der Waals surface area (Å²) in [6.07, 6.45) is 3.52. The molecule has 0 saturated carbocycles. The number of hydrogen-bond acceptors (Lipinski definition) is 3. The molecule has 0 atom stereocenters. The zero-order valence-corrected chi connectivity index (χ0v) is 11.9. The van der Waals surface area contributed by atoms with Crippen LogP contribution in [0, 0.1) is 5.82 Å².